The van der Waals surface area contributed by atoms with Crippen LogP contribution in [0.25, 0.3) is 0 Å². The molecule has 1 aromatic rings. The molecular formula is C33H45N5O5. The summed E-state index contributed by atoms with van der Waals surface area (Å²) in [6, 6.07) is 5.28. The number of piperidine rings is 1. The summed E-state index contributed by atoms with van der Waals surface area (Å²) in [6.45, 7) is 4.61. The van der Waals surface area contributed by atoms with Crippen LogP contribution in [0.2, 0.25) is 0 Å². The van der Waals surface area contributed by atoms with E-state index in [2.05, 4.69) is 41.9 Å². The molecule has 1 aliphatic heterocycles. The van der Waals surface area contributed by atoms with Crippen molar-refractivity contribution in [3.8, 4) is 0 Å². The summed E-state index contributed by atoms with van der Waals surface area (Å²) in [5.41, 5.74) is 7.54. The first-order chi connectivity index (χ1) is 20.5. The zero-order valence-electron chi connectivity index (χ0n) is 25.3. The third-order valence-corrected chi connectivity index (χ3v) is 10.9. The molecule has 5 N–H and O–H groups in total. The Balaban J connectivity index is 1.23. The van der Waals surface area contributed by atoms with Gasteiger partial charge in [0, 0.05) is 12.6 Å². The van der Waals surface area contributed by atoms with Crippen LogP contribution in [0.4, 0.5) is 4.79 Å². The highest BCUT2D eigenvalue weighted by molar-refractivity contribution is 6.37. The molecule has 1 saturated heterocycles. The molecule has 43 heavy (non-hydrogen) atoms. The molecule has 0 radical (unpaired) electrons. The number of hydrogen-bond donors (Lipinski definition) is 4. The van der Waals surface area contributed by atoms with Crippen LogP contribution in [0.5, 0.6) is 0 Å². The van der Waals surface area contributed by atoms with E-state index < -0.39 is 35.7 Å². The van der Waals surface area contributed by atoms with Gasteiger partial charge in [-0.3, -0.25) is 19.2 Å². The van der Waals surface area contributed by atoms with E-state index in [0.717, 1.165) is 38.5 Å². The van der Waals surface area contributed by atoms with Crippen LogP contribution in [0.1, 0.15) is 76.3 Å². The number of nitrogens with two attached hydrogens (primary N) is 1. The number of ketones is 1. The SMILES string of the molecule is CC1(C)C2CN(C(=O)[C@@H](NC(=O)NC3CCCCC3)C3Cc4ccccc4C3)[C@H](C(=O)NC(CC3CC3)C(=O)C(N)=O)[C@H]21. The minimum absolute atomic E-state index is 0.0702. The molecule has 0 aromatic heterocycles. The highest BCUT2D eigenvalue weighted by atomic mass is 16.2. The van der Waals surface area contributed by atoms with Crippen LogP contribution in [0.15, 0.2) is 24.3 Å². The lowest BCUT2D eigenvalue weighted by molar-refractivity contribution is -0.144. The van der Waals surface area contributed by atoms with E-state index >= 15 is 0 Å². The largest absolute Gasteiger partial charge is 0.363 e. The van der Waals surface area contributed by atoms with E-state index in [4.69, 9.17) is 5.73 Å². The van der Waals surface area contributed by atoms with Crippen molar-refractivity contribution in [1.29, 1.82) is 0 Å². The summed E-state index contributed by atoms with van der Waals surface area (Å²) in [6.07, 6.45) is 8.78. The molecule has 2 unspecified atom stereocenters. The summed E-state index contributed by atoms with van der Waals surface area (Å²) in [5.74, 6) is -2.35. The summed E-state index contributed by atoms with van der Waals surface area (Å²) >= 11 is 0. The first-order valence-corrected chi connectivity index (χ1v) is 16.1. The number of fused-ring (bicyclic) bond motifs is 2. The second kappa shape index (κ2) is 11.6. The number of hydrogen-bond acceptors (Lipinski definition) is 5. The van der Waals surface area contributed by atoms with Gasteiger partial charge in [-0.15, -0.1) is 0 Å². The van der Waals surface area contributed by atoms with Crippen LogP contribution in [-0.4, -0.2) is 65.1 Å². The zero-order chi connectivity index (χ0) is 30.5. The molecule has 1 heterocycles. The molecule has 1 aromatic carbocycles. The van der Waals surface area contributed by atoms with Gasteiger partial charge in [0.05, 0.1) is 6.04 Å². The third-order valence-electron chi connectivity index (χ3n) is 10.9. The first-order valence-electron chi connectivity index (χ1n) is 16.1. The number of carbonyl (C=O) groups excluding carboxylic acids is 5. The van der Waals surface area contributed by atoms with Gasteiger partial charge < -0.3 is 26.6 Å². The fraction of sp³-hybridized carbons (Fsp3) is 0.667. The Morgan fingerprint density at radius 2 is 1.60 bits per heavy atom. The lowest BCUT2D eigenvalue weighted by Gasteiger charge is -2.35. The van der Waals surface area contributed by atoms with Gasteiger partial charge in [0.25, 0.3) is 5.91 Å². The molecular weight excluding hydrogens is 546 g/mol. The van der Waals surface area contributed by atoms with Gasteiger partial charge in [0.15, 0.2) is 0 Å². The Morgan fingerprint density at radius 3 is 2.21 bits per heavy atom. The fourth-order valence-electron chi connectivity index (χ4n) is 8.16. The number of likely N-dealkylation sites (tertiary alicyclic amines) is 1. The van der Waals surface area contributed by atoms with Gasteiger partial charge in [0.1, 0.15) is 12.1 Å². The zero-order valence-corrected chi connectivity index (χ0v) is 25.3. The van der Waals surface area contributed by atoms with E-state index in [9.17, 15) is 24.0 Å². The van der Waals surface area contributed by atoms with Crippen molar-refractivity contribution in [3.63, 3.8) is 0 Å². The maximum Gasteiger partial charge on any atom is 0.315 e. The molecule has 5 amide bonds. The topological polar surface area (TPSA) is 151 Å². The van der Waals surface area contributed by atoms with Crippen LogP contribution in [0, 0.1) is 29.1 Å². The molecule has 6 rings (SSSR count). The Morgan fingerprint density at radius 1 is 0.953 bits per heavy atom. The Hall–Kier alpha value is -3.43. The quantitative estimate of drug-likeness (QED) is 0.308. The van der Waals surface area contributed by atoms with E-state index in [0.29, 0.717) is 25.8 Å². The van der Waals surface area contributed by atoms with Crippen LogP contribution in [0.3, 0.4) is 0 Å². The van der Waals surface area contributed by atoms with E-state index in [1.54, 1.807) is 4.90 Å². The molecule has 4 aliphatic carbocycles. The molecule has 4 fully saturated rings. The predicted octanol–water partition coefficient (Wildman–Crippen LogP) is 2.22. The molecule has 3 saturated carbocycles. The van der Waals surface area contributed by atoms with Crippen molar-refractivity contribution in [1.82, 2.24) is 20.9 Å². The maximum atomic E-state index is 14.5. The lowest BCUT2D eigenvalue weighted by Crippen LogP contribution is -2.60. The molecule has 5 aliphatic rings. The molecule has 232 valence electrons. The second-order valence-corrected chi connectivity index (χ2v) is 14.2. The Labute approximate surface area is 253 Å². The molecule has 0 spiro atoms. The number of nitrogens with one attached hydrogen (secondary N) is 3. The number of rotatable bonds is 10. The maximum absolute atomic E-state index is 14.5. The Kier molecular flexibility index (Phi) is 7.98. The van der Waals surface area contributed by atoms with Gasteiger partial charge in [-0.1, -0.05) is 70.2 Å². The number of primary amides is 1. The minimum Gasteiger partial charge on any atom is -0.363 e. The third kappa shape index (κ3) is 6.02. The van der Waals surface area contributed by atoms with Crippen molar-refractivity contribution in [2.24, 2.45) is 34.8 Å². The smallest absolute Gasteiger partial charge is 0.315 e. The van der Waals surface area contributed by atoms with E-state index in [-0.39, 0.29) is 47.1 Å². The molecule has 10 nitrogen and oxygen atoms in total. The first kappa shape index (κ1) is 29.6. The highest BCUT2D eigenvalue weighted by Gasteiger charge is 2.69. The van der Waals surface area contributed by atoms with Crippen molar-refractivity contribution >= 4 is 29.5 Å². The highest BCUT2D eigenvalue weighted by Crippen LogP contribution is 2.65. The number of benzene rings is 1. The van der Waals surface area contributed by atoms with Crippen LogP contribution in [-0.2, 0) is 32.0 Å². The van der Waals surface area contributed by atoms with Crippen molar-refractivity contribution in [2.45, 2.75) is 102 Å². The van der Waals surface area contributed by atoms with Gasteiger partial charge in [-0.2, -0.15) is 0 Å². The average molecular weight is 592 g/mol. The normalized spacial score (nSPS) is 27.4. The number of urea groups is 1. The van der Waals surface area contributed by atoms with Crippen molar-refractivity contribution in [3.05, 3.63) is 35.4 Å². The summed E-state index contributed by atoms with van der Waals surface area (Å²) < 4.78 is 0. The Bertz CT molecular complexity index is 1280. The standard InChI is InChI=1S/C33H45N5O5/c1-33(2)23-17-38(27(25(23)33)30(41)36-24(14-18-12-13-18)28(39)29(34)40)31(42)26(21-15-19-8-6-7-9-20(19)16-21)37-32(43)35-22-10-4-3-5-11-22/h6-9,18,21-27H,3-5,10-17H2,1-2H3,(H2,34,40)(H,36,41)(H2,35,37,43)/t23?,24?,25-,26-,27-/m0/s1. The van der Waals surface area contributed by atoms with Crippen molar-refractivity contribution in [2.75, 3.05) is 6.54 Å². The van der Waals surface area contributed by atoms with E-state index in [1.807, 2.05) is 12.1 Å². The summed E-state index contributed by atoms with van der Waals surface area (Å²) in [7, 11) is 0. The van der Waals surface area contributed by atoms with Gasteiger partial charge >= 0.3 is 6.03 Å². The van der Waals surface area contributed by atoms with Gasteiger partial charge in [0.2, 0.25) is 17.6 Å². The van der Waals surface area contributed by atoms with Gasteiger partial charge in [-0.05, 0) is 72.3 Å². The second-order valence-electron chi connectivity index (χ2n) is 14.2. The number of nitrogens with zero attached hydrogens (tertiary/aromatic N) is 1. The van der Waals surface area contributed by atoms with E-state index in [1.165, 1.54) is 17.5 Å². The fourth-order valence-corrected chi connectivity index (χ4v) is 8.16. The number of carbonyl (C=O) groups is 5. The minimum atomic E-state index is -1.07. The van der Waals surface area contributed by atoms with Crippen molar-refractivity contribution < 1.29 is 24.0 Å². The van der Waals surface area contributed by atoms with Crippen LogP contribution >= 0.6 is 0 Å². The van der Waals surface area contributed by atoms with Crippen LogP contribution < -0.4 is 21.7 Å². The summed E-state index contributed by atoms with van der Waals surface area (Å²) in [4.78, 5) is 67.8. The lowest BCUT2D eigenvalue weighted by atomic mass is 9.93. The van der Waals surface area contributed by atoms with Gasteiger partial charge in [-0.25, -0.2) is 4.79 Å². The number of Topliss-reactive ketones (excluding diaryl/α,β-unsaturated/α-hetero) is 1. The predicted molar refractivity (Wildman–Crippen MR) is 159 cm³/mol. The monoisotopic (exact) mass is 591 g/mol. The summed E-state index contributed by atoms with van der Waals surface area (Å²) in [5, 5.41) is 8.97. The molecule has 10 heteroatoms. The molecule has 5 atom stereocenters. The molecule has 0 bridgehead atoms. The average Bonchev–Trinajstić information content (AvgIpc) is 3.73. The number of amides is 5.